The van der Waals surface area contributed by atoms with Crippen molar-refractivity contribution in [3.8, 4) is 0 Å². The normalized spacial score (nSPS) is 11.3. The summed E-state index contributed by atoms with van der Waals surface area (Å²) < 4.78 is 29.1. The zero-order chi connectivity index (χ0) is 6.78. The van der Waals surface area contributed by atoms with Crippen molar-refractivity contribution < 1.29 is 54.2 Å². The number of rotatable bonds is 2. The minimum absolute atomic E-state index is 0. The van der Waals surface area contributed by atoms with Crippen molar-refractivity contribution in [2.24, 2.45) is 0 Å². The van der Waals surface area contributed by atoms with Gasteiger partial charge in [-0.1, -0.05) is 0 Å². The van der Waals surface area contributed by atoms with Gasteiger partial charge in [-0.05, 0) is 0 Å². The van der Waals surface area contributed by atoms with Crippen LogP contribution in [-0.2, 0) is 43.2 Å². The van der Waals surface area contributed by atoms with Crippen molar-refractivity contribution >= 4 is 0 Å². The van der Waals surface area contributed by atoms with E-state index in [2.05, 4.69) is 3.32 Å². The Bertz CT molecular complexity index is 68.7. The Balaban J connectivity index is 0. The molecular formula is C3H10O4Ti2. The molecule has 0 aliphatic carbocycles. The van der Waals surface area contributed by atoms with Gasteiger partial charge in [-0.25, -0.2) is 0 Å². The minimum Gasteiger partial charge on any atom is 0 e. The second kappa shape index (κ2) is 4.99. The van der Waals surface area contributed by atoms with Crippen LogP contribution in [0.3, 0.4) is 0 Å². The first-order valence-electron chi connectivity index (χ1n) is 2.27. The third-order valence-corrected chi connectivity index (χ3v) is 1.62. The zero-order valence-electron chi connectivity index (χ0n) is 5.33. The van der Waals surface area contributed by atoms with Gasteiger partial charge in [0.15, 0.2) is 0 Å². The van der Waals surface area contributed by atoms with Gasteiger partial charge in [0, 0.05) is 21.7 Å². The van der Waals surface area contributed by atoms with E-state index in [9.17, 15) is 0 Å². The van der Waals surface area contributed by atoms with E-state index in [0.717, 1.165) is 0 Å². The van der Waals surface area contributed by atoms with E-state index in [4.69, 9.17) is 11.1 Å². The molecule has 0 aromatic carbocycles. The van der Waals surface area contributed by atoms with Gasteiger partial charge >= 0.3 is 52.5 Å². The second-order valence-corrected chi connectivity index (χ2v) is 3.90. The molecule has 4 nitrogen and oxygen atoms in total. The van der Waals surface area contributed by atoms with Crippen LogP contribution in [0.4, 0.5) is 0 Å². The molecule has 0 radical (unpaired) electrons. The van der Waals surface area contributed by atoms with E-state index < -0.39 is 18.1 Å². The number of hydrogen-bond acceptors (Lipinski definition) is 4. The summed E-state index contributed by atoms with van der Waals surface area (Å²) in [4.78, 5) is 0. The Morgan fingerprint density at radius 3 is 1.56 bits per heavy atom. The Hall–Kier alpha value is 1.27. The Morgan fingerprint density at radius 2 is 1.56 bits per heavy atom. The molecule has 0 bridgehead atoms. The molecule has 9 heavy (non-hydrogen) atoms. The summed E-state index contributed by atoms with van der Waals surface area (Å²) in [5.41, 5.74) is 0. The van der Waals surface area contributed by atoms with Gasteiger partial charge in [0.05, 0.1) is 0 Å². The first-order chi connectivity index (χ1) is 3.42. The minimum atomic E-state index is -4.66. The van der Waals surface area contributed by atoms with Crippen molar-refractivity contribution in [2.75, 3.05) is 0 Å². The molecule has 0 aromatic heterocycles. The molecule has 0 unspecified atom stereocenters. The molecule has 0 atom stereocenters. The number of hydrogen-bond donors (Lipinski definition) is 3. The molecule has 0 saturated carbocycles. The van der Waals surface area contributed by atoms with Crippen molar-refractivity contribution in [1.29, 1.82) is 0 Å². The van der Waals surface area contributed by atoms with Crippen molar-refractivity contribution in [3.05, 3.63) is 0 Å². The third kappa shape index (κ3) is 12.5. The monoisotopic (exact) mass is 206 g/mol. The van der Waals surface area contributed by atoms with Crippen LogP contribution < -0.4 is 0 Å². The summed E-state index contributed by atoms with van der Waals surface area (Å²) in [7, 11) is 0. The molecule has 0 rings (SSSR count). The van der Waals surface area contributed by atoms with Gasteiger partial charge in [0.1, 0.15) is 0 Å². The molecule has 54 valence electrons. The van der Waals surface area contributed by atoms with E-state index in [1.807, 2.05) is 0 Å². The van der Waals surface area contributed by atoms with Crippen LogP contribution >= 0.6 is 0 Å². The summed E-state index contributed by atoms with van der Waals surface area (Å²) in [5.74, 6) is 0. The predicted molar refractivity (Wildman–Crippen MR) is 22.9 cm³/mol. The van der Waals surface area contributed by atoms with Crippen molar-refractivity contribution in [1.82, 2.24) is 0 Å². The molecule has 0 fully saturated rings. The first kappa shape index (κ1) is 12.9. The first-order valence-corrected chi connectivity index (χ1v) is 5.00. The summed E-state index contributed by atoms with van der Waals surface area (Å²) in [6.45, 7) is 3.23. The van der Waals surface area contributed by atoms with Crippen LogP contribution in [0.2, 0.25) is 0 Å². The van der Waals surface area contributed by atoms with Crippen LogP contribution in [0.15, 0.2) is 0 Å². The Morgan fingerprint density at radius 1 is 1.22 bits per heavy atom. The summed E-state index contributed by atoms with van der Waals surface area (Å²) in [6, 6.07) is 0. The van der Waals surface area contributed by atoms with Crippen LogP contribution in [0, 0.1) is 0 Å². The summed E-state index contributed by atoms with van der Waals surface area (Å²) in [5, 5.41) is 0. The molecular weight excluding hydrogens is 196 g/mol. The quantitative estimate of drug-likeness (QED) is 0.517. The SMILES string of the molecule is CC(C)[O][Ti]([OH])([OH])[OH].[Ti]. The maximum absolute atomic E-state index is 8.26. The fraction of sp³-hybridized carbons (Fsp3) is 1.00. The van der Waals surface area contributed by atoms with Gasteiger partial charge < -0.3 is 0 Å². The molecule has 0 saturated heterocycles. The third-order valence-electron chi connectivity index (χ3n) is 0.394. The van der Waals surface area contributed by atoms with Crippen molar-refractivity contribution in [2.45, 2.75) is 20.0 Å². The standard InChI is InChI=1S/C3H7O.3H2O.2Ti/c1-3(2)4;;;;;/h3H,1-2H3;3*1H2;;/q-1;;;;;+4/p-3. The molecule has 0 aliphatic heterocycles. The average molecular weight is 206 g/mol. The second-order valence-electron chi connectivity index (χ2n) is 1.74. The molecule has 0 aliphatic rings. The van der Waals surface area contributed by atoms with E-state index in [1.54, 1.807) is 13.8 Å². The largest absolute Gasteiger partial charge is 0 e. The van der Waals surface area contributed by atoms with E-state index in [1.165, 1.54) is 0 Å². The Labute approximate surface area is 74.0 Å². The van der Waals surface area contributed by atoms with Gasteiger partial charge in [0.25, 0.3) is 0 Å². The molecule has 0 amide bonds. The Kier molecular flexibility index (Phi) is 7.15. The van der Waals surface area contributed by atoms with Crippen molar-refractivity contribution in [3.63, 3.8) is 0 Å². The molecule has 0 heterocycles. The van der Waals surface area contributed by atoms with E-state index in [0.29, 0.717) is 0 Å². The van der Waals surface area contributed by atoms with E-state index >= 15 is 0 Å². The fourth-order valence-electron chi connectivity index (χ4n) is 0.316. The van der Waals surface area contributed by atoms with E-state index in [-0.39, 0.29) is 27.8 Å². The van der Waals surface area contributed by atoms with Crippen LogP contribution in [0.1, 0.15) is 13.8 Å². The van der Waals surface area contributed by atoms with Gasteiger partial charge in [-0.3, -0.25) is 0 Å². The fourth-order valence-corrected chi connectivity index (χ4v) is 1.30. The van der Waals surface area contributed by atoms with Gasteiger partial charge in [0.2, 0.25) is 0 Å². The maximum Gasteiger partial charge on any atom is 0 e. The topological polar surface area (TPSA) is 69.9 Å². The molecule has 3 N–H and O–H groups in total. The van der Waals surface area contributed by atoms with Crippen LogP contribution in [0.25, 0.3) is 0 Å². The smallest absolute Gasteiger partial charge is 0 e. The molecule has 6 heteroatoms. The van der Waals surface area contributed by atoms with Crippen LogP contribution in [0.5, 0.6) is 0 Å². The molecule has 0 spiro atoms. The molecule has 0 aromatic rings. The van der Waals surface area contributed by atoms with Crippen LogP contribution in [-0.4, -0.2) is 17.2 Å². The average Bonchev–Trinajstić information content (AvgIpc) is 1.21. The maximum atomic E-state index is 8.26. The predicted octanol–water partition coefficient (Wildman–Crippen LogP) is -0.800. The van der Waals surface area contributed by atoms with Gasteiger partial charge in [-0.15, -0.1) is 0 Å². The summed E-state index contributed by atoms with van der Waals surface area (Å²) >= 11 is -4.66. The van der Waals surface area contributed by atoms with Gasteiger partial charge in [-0.2, -0.15) is 0 Å². The zero-order valence-corrected chi connectivity index (χ0v) is 8.45. The summed E-state index contributed by atoms with van der Waals surface area (Å²) in [6.07, 6.45) is -0.324.